The summed E-state index contributed by atoms with van der Waals surface area (Å²) in [6.45, 7) is 6.00. The third-order valence-electron chi connectivity index (χ3n) is 3.54. The van der Waals surface area contributed by atoms with Crippen molar-refractivity contribution in [2.45, 2.75) is 27.2 Å². The fourth-order valence-corrected chi connectivity index (χ4v) is 2.75. The second-order valence-electron chi connectivity index (χ2n) is 5.05. The van der Waals surface area contributed by atoms with Gasteiger partial charge in [0.25, 0.3) is 0 Å². The van der Waals surface area contributed by atoms with Crippen molar-refractivity contribution in [3.8, 4) is 0 Å². The van der Waals surface area contributed by atoms with Crippen molar-refractivity contribution in [2.24, 2.45) is 0 Å². The molecule has 0 bridgehead atoms. The fraction of sp³-hybridized carbons (Fsp3) is 0.235. The lowest BCUT2D eigenvalue weighted by atomic mass is 9.95. The molecule has 0 aromatic heterocycles. The summed E-state index contributed by atoms with van der Waals surface area (Å²) in [5.74, 6) is 0.0422. The highest BCUT2D eigenvalue weighted by Gasteiger charge is 2.15. The molecule has 0 N–H and O–H groups in total. The molecule has 0 unspecified atom stereocenters. The van der Waals surface area contributed by atoms with Crippen molar-refractivity contribution in [1.82, 2.24) is 0 Å². The molecule has 1 nitrogen and oxygen atoms in total. The molecule has 20 heavy (non-hydrogen) atoms. The Balaban J connectivity index is 2.36. The average molecular weight is 307 g/mol. The second-order valence-corrected chi connectivity index (χ2v) is 5.87. The van der Waals surface area contributed by atoms with Gasteiger partial charge in [0.15, 0.2) is 5.78 Å². The van der Waals surface area contributed by atoms with E-state index in [1.165, 1.54) is 5.56 Å². The van der Waals surface area contributed by atoms with Crippen LogP contribution >= 0.6 is 23.2 Å². The first-order valence-electron chi connectivity index (χ1n) is 6.44. The minimum absolute atomic E-state index is 0.0422. The molecule has 0 heterocycles. The number of halogens is 2. The van der Waals surface area contributed by atoms with Crippen molar-refractivity contribution < 1.29 is 4.79 Å². The molecule has 104 valence electrons. The molecule has 0 amide bonds. The van der Waals surface area contributed by atoms with Crippen LogP contribution in [-0.2, 0) is 6.42 Å². The van der Waals surface area contributed by atoms with Gasteiger partial charge in [0, 0.05) is 22.0 Å². The topological polar surface area (TPSA) is 17.1 Å². The number of benzene rings is 2. The van der Waals surface area contributed by atoms with E-state index in [4.69, 9.17) is 23.2 Å². The zero-order valence-corrected chi connectivity index (χ0v) is 13.3. The van der Waals surface area contributed by atoms with Crippen molar-refractivity contribution in [2.75, 3.05) is 0 Å². The van der Waals surface area contributed by atoms with Crippen LogP contribution in [0.15, 0.2) is 30.3 Å². The number of Topliss-reactive ketones (excluding diaryl/α,β-unsaturated/α-hetero) is 1. The Bertz CT molecular complexity index is 655. The van der Waals surface area contributed by atoms with Crippen molar-refractivity contribution >= 4 is 29.0 Å². The van der Waals surface area contributed by atoms with Crippen LogP contribution in [0.2, 0.25) is 10.0 Å². The zero-order valence-electron chi connectivity index (χ0n) is 11.8. The quantitative estimate of drug-likeness (QED) is 0.699. The summed E-state index contributed by atoms with van der Waals surface area (Å²) in [5, 5.41) is 1.07. The molecule has 0 radical (unpaired) electrons. The summed E-state index contributed by atoms with van der Waals surface area (Å²) in [4.78, 5) is 12.5. The first kappa shape index (κ1) is 15.1. The first-order chi connectivity index (χ1) is 9.40. The molecular formula is C17H16Cl2O. The van der Waals surface area contributed by atoms with Crippen molar-refractivity contribution in [1.29, 1.82) is 0 Å². The molecule has 0 saturated heterocycles. The van der Waals surface area contributed by atoms with E-state index in [2.05, 4.69) is 0 Å². The Hall–Kier alpha value is -1.31. The second kappa shape index (κ2) is 5.99. The monoisotopic (exact) mass is 306 g/mol. The minimum atomic E-state index is 0.0422. The number of hydrogen-bond acceptors (Lipinski definition) is 1. The van der Waals surface area contributed by atoms with Gasteiger partial charge in [-0.05, 0) is 61.2 Å². The van der Waals surface area contributed by atoms with Crippen LogP contribution in [0, 0.1) is 20.8 Å². The van der Waals surface area contributed by atoms with Gasteiger partial charge in [-0.3, -0.25) is 4.79 Å². The van der Waals surface area contributed by atoms with Gasteiger partial charge in [-0.2, -0.15) is 0 Å². The first-order valence-corrected chi connectivity index (χ1v) is 7.19. The Morgan fingerprint density at radius 1 is 0.950 bits per heavy atom. The molecule has 0 atom stereocenters. The van der Waals surface area contributed by atoms with E-state index in [9.17, 15) is 4.79 Å². The largest absolute Gasteiger partial charge is 0.294 e. The van der Waals surface area contributed by atoms with Crippen molar-refractivity contribution in [3.63, 3.8) is 0 Å². The Morgan fingerprint density at radius 3 is 2.10 bits per heavy atom. The van der Waals surface area contributed by atoms with E-state index < -0.39 is 0 Å². The average Bonchev–Trinajstić information content (AvgIpc) is 2.38. The smallest absolute Gasteiger partial charge is 0.167 e. The van der Waals surface area contributed by atoms with Gasteiger partial charge in [0.1, 0.15) is 0 Å². The maximum absolute atomic E-state index is 12.5. The number of hydrogen-bond donors (Lipinski definition) is 0. The molecular weight excluding hydrogens is 291 g/mol. The molecule has 3 heteroatoms. The highest BCUT2D eigenvalue weighted by atomic mass is 35.5. The maximum Gasteiger partial charge on any atom is 0.167 e. The predicted molar refractivity (Wildman–Crippen MR) is 85.1 cm³/mol. The zero-order chi connectivity index (χ0) is 14.9. The highest BCUT2D eigenvalue weighted by molar-refractivity contribution is 6.36. The lowest BCUT2D eigenvalue weighted by Gasteiger charge is -2.10. The molecule has 0 aliphatic carbocycles. The maximum atomic E-state index is 12.5. The van der Waals surface area contributed by atoms with Crippen LogP contribution in [0.5, 0.6) is 0 Å². The number of ketones is 1. The third kappa shape index (κ3) is 3.05. The summed E-state index contributed by atoms with van der Waals surface area (Å²) in [5.41, 5.74) is 4.72. The standard InChI is InChI=1S/C17H16Cl2O/c1-10-7-12(3)13(8-11(10)2)17(20)9-14-15(18)5-4-6-16(14)19/h4-8H,9H2,1-3H3. The molecule has 0 saturated carbocycles. The van der Waals surface area contributed by atoms with Crippen molar-refractivity contribution in [3.05, 3.63) is 68.2 Å². The molecule has 2 rings (SSSR count). The Morgan fingerprint density at radius 2 is 1.50 bits per heavy atom. The van der Waals surface area contributed by atoms with Gasteiger partial charge in [-0.15, -0.1) is 0 Å². The molecule has 2 aromatic carbocycles. The SMILES string of the molecule is Cc1cc(C)c(C(=O)Cc2c(Cl)cccc2Cl)cc1C. The summed E-state index contributed by atoms with van der Waals surface area (Å²) in [6.07, 6.45) is 0.224. The van der Waals surface area contributed by atoms with Gasteiger partial charge in [0.05, 0.1) is 0 Å². The highest BCUT2D eigenvalue weighted by Crippen LogP contribution is 2.26. The van der Waals surface area contributed by atoms with Crippen LogP contribution < -0.4 is 0 Å². The molecule has 0 aliphatic rings. The third-order valence-corrected chi connectivity index (χ3v) is 4.25. The van der Waals surface area contributed by atoms with E-state index in [-0.39, 0.29) is 12.2 Å². The van der Waals surface area contributed by atoms with Crippen LogP contribution in [0.1, 0.15) is 32.6 Å². The number of rotatable bonds is 3. The van der Waals surface area contributed by atoms with Gasteiger partial charge < -0.3 is 0 Å². The minimum Gasteiger partial charge on any atom is -0.294 e. The lowest BCUT2D eigenvalue weighted by molar-refractivity contribution is 0.0992. The summed E-state index contributed by atoms with van der Waals surface area (Å²) < 4.78 is 0. The van der Waals surface area contributed by atoms with Crippen LogP contribution in [0.4, 0.5) is 0 Å². The molecule has 0 fully saturated rings. The Labute approximate surface area is 129 Å². The number of carbonyl (C=O) groups is 1. The van der Waals surface area contributed by atoms with Crippen LogP contribution in [-0.4, -0.2) is 5.78 Å². The van der Waals surface area contributed by atoms with E-state index >= 15 is 0 Å². The lowest BCUT2D eigenvalue weighted by Crippen LogP contribution is -2.07. The van der Waals surface area contributed by atoms with Gasteiger partial charge >= 0.3 is 0 Å². The normalized spacial score (nSPS) is 10.7. The molecule has 0 aliphatic heterocycles. The van der Waals surface area contributed by atoms with Gasteiger partial charge in [0.2, 0.25) is 0 Å². The Kier molecular flexibility index (Phi) is 4.52. The van der Waals surface area contributed by atoms with Crippen LogP contribution in [0.25, 0.3) is 0 Å². The van der Waals surface area contributed by atoms with E-state index in [1.54, 1.807) is 18.2 Å². The van der Waals surface area contributed by atoms with Gasteiger partial charge in [-0.1, -0.05) is 35.3 Å². The number of aryl methyl sites for hydroxylation is 3. The number of carbonyl (C=O) groups excluding carboxylic acids is 1. The van der Waals surface area contributed by atoms with Gasteiger partial charge in [-0.25, -0.2) is 0 Å². The predicted octanol–water partition coefficient (Wildman–Crippen LogP) is 5.34. The summed E-state index contributed by atoms with van der Waals surface area (Å²) in [6, 6.07) is 9.26. The van der Waals surface area contributed by atoms with E-state index in [1.807, 2.05) is 32.9 Å². The molecule has 0 spiro atoms. The molecule has 2 aromatic rings. The summed E-state index contributed by atoms with van der Waals surface area (Å²) in [7, 11) is 0. The summed E-state index contributed by atoms with van der Waals surface area (Å²) >= 11 is 12.2. The van der Waals surface area contributed by atoms with E-state index in [0.717, 1.165) is 16.7 Å². The fourth-order valence-electron chi connectivity index (χ4n) is 2.22. The van der Waals surface area contributed by atoms with E-state index in [0.29, 0.717) is 15.6 Å². The van der Waals surface area contributed by atoms with Crippen LogP contribution in [0.3, 0.4) is 0 Å².